The zero-order valence-electron chi connectivity index (χ0n) is 12.8. The number of likely N-dealkylation sites (tertiary alicyclic amines) is 1. The van der Waals surface area contributed by atoms with Crippen LogP contribution < -0.4 is 5.73 Å². The van der Waals surface area contributed by atoms with Gasteiger partial charge in [0.2, 0.25) is 0 Å². The van der Waals surface area contributed by atoms with Crippen LogP contribution in [0.1, 0.15) is 30.4 Å². The molecule has 110 valence electrons. The standard InChI is InChI=1S/C17H27N3/c1-14-3-5-15(6-4-14)11-19(2)17(12-18)9-10-20(13-17)16-7-8-16/h3-6,16H,7-13,18H2,1-2H3. The lowest BCUT2D eigenvalue weighted by Crippen LogP contribution is -2.53. The molecular formula is C17H27N3. The Labute approximate surface area is 122 Å². The van der Waals surface area contributed by atoms with E-state index in [0.29, 0.717) is 0 Å². The fraction of sp³-hybridized carbons (Fsp3) is 0.647. The van der Waals surface area contributed by atoms with Crippen LogP contribution in [-0.4, -0.2) is 48.1 Å². The monoisotopic (exact) mass is 273 g/mol. The average Bonchev–Trinajstić information content (AvgIpc) is 3.21. The lowest BCUT2D eigenvalue weighted by Gasteiger charge is -2.38. The molecule has 0 radical (unpaired) electrons. The number of nitrogens with zero attached hydrogens (tertiary/aromatic N) is 2. The van der Waals surface area contributed by atoms with E-state index < -0.39 is 0 Å². The van der Waals surface area contributed by atoms with E-state index in [2.05, 4.69) is 48.0 Å². The Bertz CT molecular complexity index is 452. The summed E-state index contributed by atoms with van der Waals surface area (Å²) in [5.41, 5.74) is 9.05. The summed E-state index contributed by atoms with van der Waals surface area (Å²) in [6, 6.07) is 9.73. The number of nitrogens with two attached hydrogens (primary N) is 1. The average molecular weight is 273 g/mol. The molecule has 1 aliphatic heterocycles. The number of likely N-dealkylation sites (N-methyl/N-ethyl adjacent to an activating group) is 1. The molecule has 3 heteroatoms. The summed E-state index contributed by atoms with van der Waals surface area (Å²) in [6.07, 6.45) is 3.99. The summed E-state index contributed by atoms with van der Waals surface area (Å²) in [4.78, 5) is 5.14. The molecule has 3 nitrogen and oxygen atoms in total. The molecule has 0 bridgehead atoms. The molecule has 1 unspecified atom stereocenters. The third-order valence-electron chi connectivity index (χ3n) is 5.16. The SMILES string of the molecule is Cc1ccc(CN(C)C2(CN)CCN(C3CC3)C2)cc1. The van der Waals surface area contributed by atoms with Crippen molar-refractivity contribution in [2.24, 2.45) is 5.73 Å². The molecule has 0 amide bonds. The van der Waals surface area contributed by atoms with Crippen LogP contribution in [0.3, 0.4) is 0 Å². The first kappa shape index (κ1) is 14.1. The summed E-state index contributed by atoms with van der Waals surface area (Å²) in [6.45, 7) is 6.27. The maximum absolute atomic E-state index is 6.16. The predicted octanol–water partition coefficient (Wildman–Crippen LogP) is 1.99. The number of rotatable bonds is 5. The minimum Gasteiger partial charge on any atom is -0.329 e. The lowest BCUT2D eigenvalue weighted by molar-refractivity contribution is 0.120. The van der Waals surface area contributed by atoms with E-state index >= 15 is 0 Å². The van der Waals surface area contributed by atoms with Gasteiger partial charge in [-0.3, -0.25) is 9.80 Å². The van der Waals surface area contributed by atoms with E-state index in [1.165, 1.54) is 36.9 Å². The van der Waals surface area contributed by atoms with Crippen molar-refractivity contribution in [1.82, 2.24) is 9.80 Å². The largest absolute Gasteiger partial charge is 0.329 e. The molecule has 2 fully saturated rings. The molecule has 2 aliphatic rings. The highest BCUT2D eigenvalue weighted by molar-refractivity contribution is 5.21. The van der Waals surface area contributed by atoms with Crippen molar-refractivity contribution in [3.8, 4) is 0 Å². The Morgan fingerprint density at radius 1 is 1.30 bits per heavy atom. The molecule has 20 heavy (non-hydrogen) atoms. The van der Waals surface area contributed by atoms with Gasteiger partial charge < -0.3 is 5.73 Å². The Hall–Kier alpha value is -0.900. The van der Waals surface area contributed by atoms with Gasteiger partial charge >= 0.3 is 0 Å². The highest BCUT2D eigenvalue weighted by Crippen LogP contribution is 2.35. The van der Waals surface area contributed by atoms with E-state index in [0.717, 1.165) is 25.7 Å². The van der Waals surface area contributed by atoms with Crippen LogP contribution in [0.15, 0.2) is 24.3 Å². The summed E-state index contributed by atoms with van der Waals surface area (Å²) in [5, 5.41) is 0. The normalized spacial score (nSPS) is 27.4. The smallest absolute Gasteiger partial charge is 0.0471 e. The molecule has 1 aliphatic carbocycles. The molecule has 1 aromatic rings. The van der Waals surface area contributed by atoms with Crippen molar-refractivity contribution in [2.45, 2.75) is 44.3 Å². The second-order valence-corrected chi connectivity index (χ2v) is 6.72. The molecular weight excluding hydrogens is 246 g/mol. The fourth-order valence-electron chi connectivity index (χ4n) is 3.41. The molecule has 1 saturated carbocycles. The highest BCUT2D eigenvalue weighted by Gasteiger charge is 2.44. The minimum atomic E-state index is 0.174. The molecule has 1 aromatic carbocycles. The lowest BCUT2D eigenvalue weighted by atomic mass is 9.96. The first-order valence-electron chi connectivity index (χ1n) is 7.84. The van der Waals surface area contributed by atoms with E-state index in [4.69, 9.17) is 5.73 Å². The van der Waals surface area contributed by atoms with Gasteiger partial charge in [0.15, 0.2) is 0 Å². The van der Waals surface area contributed by atoms with Crippen LogP contribution in [0, 0.1) is 6.92 Å². The maximum atomic E-state index is 6.16. The number of benzene rings is 1. The first-order chi connectivity index (χ1) is 9.63. The Kier molecular flexibility index (Phi) is 3.85. The first-order valence-corrected chi connectivity index (χ1v) is 7.84. The molecule has 0 spiro atoms. The van der Waals surface area contributed by atoms with Crippen molar-refractivity contribution < 1.29 is 0 Å². The van der Waals surface area contributed by atoms with Gasteiger partial charge in [0, 0.05) is 37.8 Å². The second-order valence-electron chi connectivity index (χ2n) is 6.72. The van der Waals surface area contributed by atoms with Crippen molar-refractivity contribution >= 4 is 0 Å². The Balaban J connectivity index is 1.67. The number of aryl methyl sites for hydroxylation is 1. The highest BCUT2D eigenvalue weighted by atomic mass is 15.3. The van der Waals surface area contributed by atoms with Gasteiger partial charge in [-0.05, 0) is 38.8 Å². The van der Waals surface area contributed by atoms with Gasteiger partial charge in [0.1, 0.15) is 0 Å². The molecule has 1 atom stereocenters. The van der Waals surface area contributed by atoms with Gasteiger partial charge in [0.25, 0.3) is 0 Å². The number of hydrogen-bond acceptors (Lipinski definition) is 3. The summed E-state index contributed by atoms with van der Waals surface area (Å²) in [7, 11) is 2.24. The van der Waals surface area contributed by atoms with Crippen molar-refractivity contribution in [1.29, 1.82) is 0 Å². The Morgan fingerprint density at radius 3 is 2.60 bits per heavy atom. The van der Waals surface area contributed by atoms with Crippen LogP contribution in [0.25, 0.3) is 0 Å². The van der Waals surface area contributed by atoms with Gasteiger partial charge in [-0.2, -0.15) is 0 Å². The zero-order chi connectivity index (χ0) is 14.2. The summed E-state index contributed by atoms with van der Waals surface area (Å²) < 4.78 is 0. The van der Waals surface area contributed by atoms with Crippen LogP contribution in [0.5, 0.6) is 0 Å². The predicted molar refractivity (Wildman–Crippen MR) is 83.6 cm³/mol. The van der Waals surface area contributed by atoms with Gasteiger partial charge in [-0.1, -0.05) is 29.8 Å². The van der Waals surface area contributed by atoms with E-state index in [-0.39, 0.29) is 5.54 Å². The van der Waals surface area contributed by atoms with Crippen LogP contribution in [0.4, 0.5) is 0 Å². The van der Waals surface area contributed by atoms with Crippen molar-refractivity contribution in [3.63, 3.8) is 0 Å². The molecule has 1 saturated heterocycles. The molecule has 1 heterocycles. The summed E-state index contributed by atoms with van der Waals surface area (Å²) >= 11 is 0. The quantitative estimate of drug-likeness (QED) is 0.890. The topological polar surface area (TPSA) is 32.5 Å². The van der Waals surface area contributed by atoms with Crippen LogP contribution in [0.2, 0.25) is 0 Å². The molecule has 2 N–H and O–H groups in total. The zero-order valence-corrected chi connectivity index (χ0v) is 12.8. The van der Waals surface area contributed by atoms with Crippen molar-refractivity contribution in [3.05, 3.63) is 35.4 Å². The van der Waals surface area contributed by atoms with Crippen LogP contribution in [-0.2, 0) is 6.54 Å². The van der Waals surface area contributed by atoms with E-state index in [1.807, 2.05) is 0 Å². The third-order valence-corrected chi connectivity index (χ3v) is 5.16. The van der Waals surface area contributed by atoms with Gasteiger partial charge in [-0.25, -0.2) is 0 Å². The molecule has 3 rings (SSSR count). The van der Waals surface area contributed by atoms with E-state index in [9.17, 15) is 0 Å². The van der Waals surface area contributed by atoms with Crippen LogP contribution >= 0.6 is 0 Å². The van der Waals surface area contributed by atoms with Gasteiger partial charge in [-0.15, -0.1) is 0 Å². The third kappa shape index (κ3) is 2.76. The number of hydrogen-bond donors (Lipinski definition) is 1. The van der Waals surface area contributed by atoms with Crippen molar-refractivity contribution in [2.75, 3.05) is 26.7 Å². The fourth-order valence-corrected chi connectivity index (χ4v) is 3.41. The summed E-state index contributed by atoms with van der Waals surface area (Å²) in [5.74, 6) is 0. The molecule has 0 aromatic heterocycles. The van der Waals surface area contributed by atoms with Gasteiger partial charge in [0.05, 0.1) is 0 Å². The minimum absolute atomic E-state index is 0.174. The maximum Gasteiger partial charge on any atom is 0.0471 e. The second kappa shape index (κ2) is 5.47. The van der Waals surface area contributed by atoms with E-state index in [1.54, 1.807) is 0 Å². The Morgan fingerprint density at radius 2 is 2.00 bits per heavy atom.